The monoisotopic (exact) mass is 378 g/mol. The van der Waals surface area contributed by atoms with E-state index >= 15 is 0 Å². The first-order valence-electron chi connectivity index (χ1n) is 8.31. The van der Waals surface area contributed by atoms with Crippen molar-refractivity contribution in [3.05, 3.63) is 72.3 Å². The van der Waals surface area contributed by atoms with Gasteiger partial charge in [0.15, 0.2) is 0 Å². The minimum Gasteiger partial charge on any atom is -0.494 e. The molecule has 2 heterocycles. The van der Waals surface area contributed by atoms with E-state index in [4.69, 9.17) is 9.47 Å². The molecule has 0 aliphatic heterocycles. The van der Waals surface area contributed by atoms with Gasteiger partial charge in [-0.3, -0.25) is 19.6 Å². The van der Waals surface area contributed by atoms with Crippen molar-refractivity contribution in [3.63, 3.8) is 0 Å². The molecule has 2 N–H and O–H groups in total. The van der Waals surface area contributed by atoms with Crippen molar-refractivity contribution < 1.29 is 19.1 Å². The van der Waals surface area contributed by atoms with Crippen LogP contribution in [0.1, 0.15) is 20.7 Å². The van der Waals surface area contributed by atoms with Gasteiger partial charge in [-0.1, -0.05) is 0 Å². The molecule has 3 rings (SSSR count). The highest BCUT2D eigenvalue weighted by molar-refractivity contribution is 6.07. The van der Waals surface area contributed by atoms with E-state index < -0.39 is 0 Å². The zero-order chi connectivity index (χ0) is 19.9. The molecule has 8 heteroatoms. The molecule has 0 atom stereocenters. The van der Waals surface area contributed by atoms with E-state index in [2.05, 4.69) is 20.6 Å². The van der Waals surface area contributed by atoms with Gasteiger partial charge in [-0.25, -0.2) is 0 Å². The van der Waals surface area contributed by atoms with E-state index in [-0.39, 0.29) is 11.8 Å². The van der Waals surface area contributed by atoms with Crippen molar-refractivity contribution in [2.75, 3.05) is 24.9 Å². The summed E-state index contributed by atoms with van der Waals surface area (Å²) < 4.78 is 10.7. The molecule has 0 bridgehead atoms. The van der Waals surface area contributed by atoms with Gasteiger partial charge >= 0.3 is 0 Å². The number of hydrogen-bond acceptors (Lipinski definition) is 6. The van der Waals surface area contributed by atoms with E-state index in [0.717, 1.165) is 0 Å². The van der Waals surface area contributed by atoms with Crippen molar-refractivity contribution in [2.24, 2.45) is 0 Å². The first-order chi connectivity index (χ1) is 13.6. The Hall–Kier alpha value is -3.94. The van der Waals surface area contributed by atoms with E-state index in [1.807, 2.05) is 0 Å². The second kappa shape index (κ2) is 8.63. The number of amides is 2. The summed E-state index contributed by atoms with van der Waals surface area (Å²) in [6.45, 7) is 0. The topological polar surface area (TPSA) is 102 Å². The lowest BCUT2D eigenvalue weighted by atomic mass is 10.2. The normalized spacial score (nSPS) is 10.1. The van der Waals surface area contributed by atoms with Crippen LogP contribution in [0.15, 0.2) is 61.2 Å². The van der Waals surface area contributed by atoms with Crippen LogP contribution in [0.2, 0.25) is 0 Å². The zero-order valence-electron chi connectivity index (χ0n) is 15.3. The van der Waals surface area contributed by atoms with Gasteiger partial charge in [0.25, 0.3) is 11.8 Å². The summed E-state index contributed by atoms with van der Waals surface area (Å²) in [5.74, 6) is 0.0280. The lowest BCUT2D eigenvalue weighted by Gasteiger charge is -2.16. The third-order valence-electron chi connectivity index (χ3n) is 3.87. The zero-order valence-corrected chi connectivity index (χ0v) is 15.3. The average molecular weight is 378 g/mol. The Morgan fingerprint density at radius 1 is 0.786 bits per heavy atom. The fourth-order valence-corrected chi connectivity index (χ4v) is 2.48. The number of rotatable bonds is 6. The molecule has 0 fully saturated rings. The summed E-state index contributed by atoms with van der Waals surface area (Å²) in [6.07, 6.45) is 6.09. The highest BCUT2D eigenvalue weighted by Crippen LogP contribution is 2.36. The molecular formula is C20H18N4O4. The van der Waals surface area contributed by atoms with Gasteiger partial charge in [-0.15, -0.1) is 0 Å². The number of ether oxygens (including phenoxy) is 2. The molecule has 0 saturated carbocycles. The van der Waals surface area contributed by atoms with Crippen molar-refractivity contribution in [3.8, 4) is 11.5 Å². The number of aromatic nitrogens is 2. The van der Waals surface area contributed by atoms with E-state index in [1.54, 1.807) is 48.8 Å². The van der Waals surface area contributed by atoms with Crippen molar-refractivity contribution in [2.45, 2.75) is 0 Å². The smallest absolute Gasteiger partial charge is 0.257 e. The van der Waals surface area contributed by atoms with Gasteiger partial charge in [0.05, 0.1) is 36.7 Å². The Morgan fingerprint density at radius 2 is 1.21 bits per heavy atom. The number of carbonyl (C=O) groups excluding carboxylic acids is 2. The number of nitrogens with zero attached hydrogens (tertiary/aromatic N) is 2. The van der Waals surface area contributed by atoms with Gasteiger partial charge in [-0.2, -0.15) is 0 Å². The van der Waals surface area contributed by atoms with Crippen LogP contribution in [0.4, 0.5) is 11.4 Å². The summed E-state index contributed by atoms with van der Waals surface area (Å²) in [6, 6.07) is 9.79. The molecule has 0 aliphatic rings. The molecule has 0 saturated heterocycles. The first kappa shape index (κ1) is 18.8. The molecule has 3 aromatic rings. The highest BCUT2D eigenvalue weighted by atomic mass is 16.5. The van der Waals surface area contributed by atoms with Crippen LogP contribution < -0.4 is 20.1 Å². The number of anilines is 2. The fourth-order valence-electron chi connectivity index (χ4n) is 2.48. The molecule has 8 nitrogen and oxygen atoms in total. The first-order valence-corrected chi connectivity index (χ1v) is 8.31. The molecule has 0 unspecified atom stereocenters. The number of nitrogens with one attached hydrogen (secondary N) is 2. The highest BCUT2D eigenvalue weighted by Gasteiger charge is 2.17. The largest absolute Gasteiger partial charge is 0.494 e. The van der Waals surface area contributed by atoms with E-state index in [0.29, 0.717) is 34.0 Å². The molecule has 2 amide bonds. The lowest BCUT2D eigenvalue weighted by molar-refractivity contribution is 0.101. The molecule has 0 spiro atoms. The SMILES string of the molecule is COc1cc(NC(=O)c2cccnc2)c(OC)cc1NC(=O)c1cccnc1. The van der Waals surface area contributed by atoms with Gasteiger partial charge in [0, 0.05) is 36.9 Å². The van der Waals surface area contributed by atoms with Crippen molar-refractivity contribution in [1.29, 1.82) is 0 Å². The minimum atomic E-state index is -0.347. The van der Waals surface area contributed by atoms with Crippen LogP contribution in [0.25, 0.3) is 0 Å². The Labute approximate surface area is 161 Å². The van der Waals surface area contributed by atoms with Gasteiger partial charge < -0.3 is 20.1 Å². The maximum atomic E-state index is 12.4. The number of carbonyl (C=O) groups is 2. The van der Waals surface area contributed by atoms with E-state index in [1.165, 1.54) is 26.6 Å². The molecule has 1 aromatic carbocycles. The predicted octanol–water partition coefficient (Wildman–Crippen LogP) is 3.00. The number of methoxy groups -OCH3 is 2. The van der Waals surface area contributed by atoms with Crippen molar-refractivity contribution >= 4 is 23.2 Å². The molecular weight excluding hydrogens is 360 g/mol. The van der Waals surface area contributed by atoms with Crippen LogP contribution in [-0.2, 0) is 0 Å². The number of hydrogen-bond donors (Lipinski definition) is 2. The molecule has 142 valence electrons. The Bertz CT molecular complexity index is 897. The number of benzene rings is 1. The average Bonchev–Trinajstić information content (AvgIpc) is 2.75. The van der Waals surface area contributed by atoms with Gasteiger partial charge in [0.2, 0.25) is 0 Å². The second-order valence-electron chi connectivity index (χ2n) is 5.64. The van der Waals surface area contributed by atoms with E-state index in [9.17, 15) is 9.59 Å². The summed E-state index contributed by atoms with van der Waals surface area (Å²) in [7, 11) is 2.93. The maximum absolute atomic E-state index is 12.4. The maximum Gasteiger partial charge on any atom is 0.257 e. The van der Waals surface area contributed by atoms with Gasteiger partial charge in [0.1, 0.15) is 11.5 Å². The standard InChI is InChI=1S/C20H18N4O4/c1-27-17-9-16(24-20(26)14-6-4-8-22-12-14)18(28-2)10-15(17)23-19(25)13-5-3-7-21-11-13/h3-12H,1-2H3,(H,23,25)(H,24,26). The summed E-state index contributed by atoms with van der Waals surface area (Å²) >= 11 is 0. The third-order valence-corrected chi connectivity index (χ3v) is 3.87. The number of pyridine rings is 2. The van der Waals surface area contributed by atoms with Gasteiger partial charge in [-0.05, 0) is 24.3 Å². The summed E-state index contributed by atoms with van der Waals surface area (Å²) in [5.41, 5.74) is 1.59. The van der Waals surface area contributed by atoms with Crippen LogP contribution in [0.5, 0.6) is 11.5 Å². The third kappa shape index (κ3) is 4.24. The molecule has 0 radical (unpaired) electrons. The Kier molecular flexibility index (Phi) is 5.81. The minimum absolute atomic E-state index is 0.347. The summed E-state index contributed by atoms with van der Waals surface area (Å²) in [5, 5.41) is 5.52. The second-order valence-corrected chi connectivity index (χ2v) is 5.64. The van der Waals surface area contributed by atoms with Crippen LogP contribution in [0.3, 0.4) is 0 Å². The Balaban J connectivity index is 1.87. The fraction of sp³-hybridized carbons (Fsp3) is 0.100. The summed E-state index contributed by atoms with van der Waals surface area (Å²) in [4.78, 5) is 32.7. The predicted molar refractivity (Wildman–Crippen MR) is 104 cm³/mol. The molecule has 2 aromatic heterocycles. The van der Waals surface area contributed by atoms with Crippen LogP contribution >= 0.6 is 0 Å². The Morgan fingerprint density at radius 3 is 1.54 bits per heavy atom. The molecule has 28 heavy (non-hydrogen) atoms. The van der Waals surface area contributed by atoms with Crippen LogP contribution in [-0.4, -0.2) is 36.0 Å². The van der Waals surface area contributed by atoms with Crippen LogP contribution in [0, 0.1) is 0 Å². The molecule has 0 aliphatic carbocycles. The quantitative estimate of drug-likeness (QED) is 0.684. The lowest BCUT2D eigenvalue weighted by Crippen LogP contribution is -2.15. The van der Waals surface area contributed by atoms with Crippen molar-refractivity contribution in [1.82, 2.24) is 9.97 Å².